The van der Waals surface area contributed by atoms with E-state index in [0.717, 1.165) is 11.8 Å². The molecule has 0 aliphatic carbocycles. The van der Waals surface area contributed by atoms with E-state index in [1.54, 1.807) is 18.2 Å². The van der Waals surface area contributed by atoms with E-state index >= 15 is 0 Å². The molecule has 84 valence electrons. The van der Waals surface area contributed by atoms with Crippen molar-refractivity contribution in [3.63, 3.8) is 0 Å². The smallest absolute Gasteiger partial charge is 0.186 e. The topological polar surface area (TPSA) is 34.1 Å². The summed E-state index contributed by atoms with van der Waals surface area (Å²) in [6.45, 7) is 1.52. The van der Waals surface area contributed by atoms with Crippen LogP contribution in [0.2, 0.25) is 5.02 Å². The Morgan fingerprint density at radius 3 is 2.88 bits per heavy atom. The maximum atomic E-state index is 10.8. The highest BCUT2D eigenvalue weighted by molar-refractivity contribution is 8.13. The SMILES string of the molecule is CC(=O)SCC=Cc1cccc(Cl)c1C=O. The van der Waals surface area contributed by atoms with Crippen molar-refractivity contribution in [3.05, 3.63) is 40.4 Å². The average Bonchev–Trinajstić information content (AvgIpc) is 2.24. The van der Waals surface area contributed by atoms with E-state index in [0.29, 0.717) is 16.3 Å². The van der Waals surface area contributed by atoms with Gasteiger partial charge in [-0.1, -0.05) is 47.6 Å². The van der Waals surface area contributed by atoms with E-state index in [1.807, 2.05) is 12.1 Å². The minimum absolute atomic E-state index is 0.0753. The van der Waals surface area contributed by atoms with Crippen molar-refractivity contribution in [1.82, 2.24) is 0 Å². The summed E-state index contributed by atoms with van der Waals surface area (Å²) in [5, 5.41) is 0.516. The lowest BCUT2D eigenvalue weighted by Crippen LogP contribution is -1.87. The molecule has 2 nitrogen and oxygen atoms in total. The van der Waals surface area contributed by atoms with Gasteiger partial charge in [0.1, 0.15) is 0 Å². The number of halogens is 1. The third kappa shape index (κ3) is 3.83. The normalized spacial score (nSPS) is 10.6. The minimum atomic E-state index is 0.0753. The number of aldehydes is 1. The molecule has 0 saturated carbocycles. The van der Waals surface area contributed by atoms with Crippen LogP contribution < -0.4 is 0 Å². The van der Waals surface area contributed by atoms with Crippen LogP contribution in [0.1, 0.15) is 22.8 Å². The maximum Gasteiger partial charge on any atom is 0.186 e. The average molecular weight is 255 g/mol. The van der Waals surface area contributed by atoms with Crippen molar-refractivity contribution in [2.45, 2.75) is 6.92 Å². The third-order valence-corrected chi connectivity index (χ3v) is 2.98. The predicted molar refractivity (Wildman–Crippen MR) is 69.0 cm³/mol. The highest BCUT2D eigenvalue weighted by Crippen LogP contribution is 2.19. The number of thioether (sulfide) groups is 1. The van der Waals surface area contributed by atoms with Gasteiger partial charge in [0.05, 0.1) is 5.02 Å². The second-order valence-electron chi connectivity index (χ2n) is 3.07. The lowest BCUT2D eigenvalue weighted by atomic mass is 10.1. The number of benzene rings is 1. The molecule has 0 atom stereocenters. The first-order valence-corrected chi connectivity index (χ1v) is 6.05. The monoisotopic (exact) mass is 254 g/mol. The fourth-order valence-electron chi connectivity index (χ4n) is 1.16. The van der Waals surface area contributed by atoms with E-state index in [-0.39, 0.29) is 5.12 Å². The van der Waals surface area contributed by atoms with Crippen molar-refractivity contribution < 1.29 is 9.59 Å². The Kier molecular flexibility index (Phi) is 5.29. The Hall–Kier alpha value is -1.06. The Morgan fingerprint density at radius 1 is 1.50 bits per heavy atom. The van der Waals surface area contributed by atoms with Gasteiger partial charge in [-0.2, -0.15) is 0 Å². The molecule has 0 unspecified atom stereocenters. The third-order valence-electron chi connectivity index (χ3n) is 1.88. The second-order valence-corrected chi connectivity index (χ2v) is 4.67. The molecule has 0 heterocycles. The summed E-state index contributed by atoms with van der Waals surface area (Å²) in [4.78, 5) is 21.5. The zero-order valence-corrected chi connectivity index (χ0v) is 10.3. The first-order chi connectivity index (χ1) is 7.65. The molecule has 1 rings (SSSR count). The highest BCUT2D eigenvalue weighted by Gasteiger charge is 2.02. The Bertz CT molecular complexity index is 427. The Labute approximate surface area is 104 Å². The number of rotatable bonds is 4. The molecule has 0 spiro atoms. The van der Waals surface area contributed by atoms with Gasteiger partial charge in [0.2, 0.25) is 0 Å². The number of carbonyl (C=O) groups is 2. The summed E-state index contributed by atoms with van der Waals surface area (Å²) in [7, 11) is 0. The quantitative estimate of drug-likeness (QED) is 0.772. The number of hydrogen-bond donors (Lipinski definition) is 0. The molecule has 1 aromatic rings. The Balaban J connectivity index is 2.76. The zero-order valence-electron chi connectivity index (χ0n) is 8.77. The fraction of sp³-hybridized carbons (Fsp3) is 0.167. The summed E-state index contributed by atoms with van der Waals surface area (Å²) in [5.74, 6) is 0.597. The van der Waals surface area contributed by atoms with Crippen molar-refractivity contribution in [2.75, 3.05) is 5.75 Å². The first kappa shape index (κ1) is 13.0. The zero-order chi connectivity index (χ0) is 12.0. The van der Waals surface area contributed by atoms with E-state index in [2.05, 4.69) is 0 Å². The number of hydrogen-bond acceptors (Lipinski definition) is 3. The van der Waals surface area contributed by atoms with Crippen LogP contribution in [0.15, 0.2) is 24.3 Å². The van der Waals surface area contributed by atoms with Gasteiger partial charge in [0.15, 0.2) is 11.4 Å². The molecule has 0 amide bonds. The molecule has 0 radical (unpaired) electrons. The van der Waals surface area contributed by atoms with Gasteiger partial charge in [0, 0.05) is 18.2 Å². The van der Waals surface area contributed by atoms with Gasteiger partial charge < -0.3 is 0 Å². The molecule has 4 heteroatoms. The fourth-order valence-corrected chi connectivity index (χ4v) is 1.82. The summed E-state index contributed by atoms with van der Waals surface area (Å²) in [6, 6.07) is 5.27. The summed E-state index contributed by atoms with van der Waals surface area (Å²) >= 11 is 7.09. The lowest BCUT2D eigenvalue weighted by Gasteiger charge is -2.00. The molecular weight excluding hydrogens is 244 g/mol. The predicted octanol–water partition coefficient (Wildman–Crippen LogP) is 3.45. The maximum absolute atomic E-state index is 10.8. The largest absolute Gasteiger partial charge is 0.298 e. The summed E-state index contributed by atoms with van der Waals surface area (Å²) < 4.78 is 0. The molecule has 1 aromatic carbocycles. The van der Waals surface area contributed by atoms with Crippen molar-refractivity contribution in [3.8, 4) is 0 Å². The van der Waals surface area contributed by atoms with Crippen molar-refractivity contribution in [1.29, 1.82) is 0 Å². The standard InChI is InChI=1S/C12H11ClO2S/c1-9(15)16-7-3-5-10-4-2-6-12(13)11(10)8-14/h2-6,8H,7H2,1H3. The van der Waals surface area contributed by atoms with Crippen LogP contribution in [0.5, 0.6) is 0 Å². The first-order valence-electron chi connectivity index (χ1n) is 4.68. The Morgan fingerprint density at radius 2 is 2.25 bits per heavy atom. The van der Waals surface area contributed by atoms with Crippen LogP contribution in [0.3, 0.4) is 0 Å². The van der Waals surface area contributed by atoms with Gasteiger partial charge in [-0.25, -0.2) is 0 Å². The highest BCUT2D eigenvalue weighted by atomic mass is 35.5. The lowest BCUT2D eigenvalue weighted by molar-refractivity contribution is -0.109. The van der Waals surface area contributed by atoms with E-state index in [1.165, 1.54) is 18.7 Å². The molecule has 0 fully saturated rings. The van der Waals surface area contributed by atoms with Crippen molar-refractivity contribution in [2.24, 2.45) is 0 Å². The van der Waals surface area contributed by atoms with Gasteiger partial charge >= 0.3 is 0 Å². The minimum Gasteiger partial charge on any atom is -0.298 e. The summed E-state index contributed by atoms with van der Waals surface area (Å²) in [5.41, 5.74) is 1.25. The van der Waals surface area contributed by atoms with E-state index < -0.39 is 0 Å². The van der Waals surface area contributed by atoms with E-state index in [9.17, 15) is 9.59 Å². The second kappa shape index (κ2) is 6.51. The van der Waals surface area contributed by atoms with Crippen LogP contribution in [0, 0.1) is 0 Å². The van der Waals surface area contributed by atoms with Crippen LogP contribution in [0.25, 0.3) is 6.08 Å². The van der Waals surface area contributed by atoms with Crippen molar-refractivity contribution >= 4 is 40.8 Å². The summed E-state index contributed by atoms with van der Waals surface area (Å²) in [6.07, 6.45) is 4.37. The molecular formula is C12H11ClO2S. The number of carbonyl (C=O) groups excluding carboxylic acids is 2. The molecule has 0 aliphatic heterocycles. The van der Waals surface area contributed by atoms with E-state index in [4.69, 9.17) is 11.6 Å². The van der Waals surface area contributed by atoms with Crippen LogP contribution in [-0.2, 0) is 4.79 Å². The van der Waals surface area contributed by atoms with Crippen LogP contribution in [-0.4, -0.2) is 17.2 Å². The molecule has 16 heavy (non-hydrogen) atoms. The van der Waals surface area contributed by atoms with Crippen LogP contribution in [0.4, 0.5) is 0 Å². The molecule has 0 bridgehead atoms. The molecule has 0 aromatic heterocycles. The van der Waals surface area contributed by atoms with Crippen LogP contribution >= 0.6 is 23.4 Å². The van der Waals surface area contributed by atoms with Gasteiger partial charge in [-0.15, -0.1) is 0 Å². The van der Waals surface area contributed by atoms with Gasteiger partial charge in [0.25, 0.3) is 0 Å². The molecule has 0 aliphatic rings. The van der Waals surface area contributed by atoms with Gasteiger partial charge in [-0.05, 0) is 11.6 Å². The van der Waals surface area contributed by atoms with Gasteiger partial charge in [-0.3, -0.25) is 9.59 Å². The molecule has 0 saturated heterocycles. The molecule has 0 N–H and O–H groups in total.